The smallest absolute Gasteiger partial charge is 0.150 e. The highest BCUT2D eigenvalue weighted by Crippen LogP contribution is 2.15. The van der Waals surface area contributed by atoms with Gasteiger partial charge in [0.25, 0.3) is 0 Å². The summed E-state index contributed by atoms with van der Waals surface area (Å²) in [4.78, 5) is 0. The molecule has 1 atom stereocenters. The van der Waals surface area contributed by atoms with E-state index in [9.17, 15) is 13.5 Å². The van der Waals surface area contributed by atoms with E-state index >= 15 is 0 Å². The van der Waals surface area contributed by atoms with Gasteiger partial charge in [0.15, 0.2) is 0 Å². The maximum absolute atomic E-state index is 10.9. The molecular formula is C10H14O3S. The van der Waals surface area contributed by atoms with E-state index in [1.165, 1.54) is 0 Å². The third-order valence-corrected chi connectivity index (χ3v) is 2.81. The van der Waals surface area contributed by atoms with Gasteiger partial charge < -0.3 is 5.11 Å². The molecule has 4 heteroatoms. The van der Waals surface area contributed by atoms with Gasteiger partial charge >= 0.3 is 0 Å². The Morgan fingerprint density at radius 3 is 2.57 bits per heavy atom. The van der Waals surface area contributed by atoms with Gasteiger partial charge in [-0.2, -0.15) is 0 Å². The lowest BCUT2D eigenvalue weighted by Crippen LogP contribution is -2.12. The number of hydrogen-bond acceptors (Lipinski definition) is 3. The molecule has 0 bridgehead atoms. The standard InChI is InChI=1S/C10H14O3S/c1-8-4-3-5-9(6-8)10(11)7-14(2,12)13/h3-6,10-11H,7H2,1-2H3/t10-/m0/s1. The van der Waals surface area contributed by atoms with Crippen LogP contribution < -0.4 is 0 Å². The van der Waals surface area contributed by atoms with Crippen molar-refractivity contribution in [1.29, 1.82) is 0 Å². The van der Waals surface area contributed by atoms with Gasteiger partial charge in [0, 0.05) is 6.26 Å². The van der Waals surface area contributed by atoms with Crippen LogP contribution in [-0.4, -0.2) is 25.5 Å². The van der Waals surface area contributed by atoms with Crippen molar-refractivity contribution in [2.45, 2.75) is 13.0 Å². The lowest BCUT2D eigenvalue weighted by molar-refractivity contribution is 0.202. The predicted octanol–water partition coefficient (Wildman–Crippen LogP) is 1.07. The van der Waals surface area contributed by atoms with E-state index in [-0.39, 0.29) is 5.75 Å². The van der Waals surface area contributed by atoms with Crippen molar-refractivity contribution in [3.8, 4) is 0 Å². The number of aliphatic hydroxyl groups excluding tert-OH is 1. The highest BCUT2D eigenvalue weighted by Gasteiger charge is 2.13. The molecule has 0 aromatic heterocycles. The minimum absolute atomic E-state index is 0.226. The van der Waals surface area contributed by atoms with Gasteiger partial charge in [-0.15, -0.1) is 0 Å². The molecule has 0 aliphatic carbocycles. The highest BCUT2D eigenvalue weighted by atomic mass is 32.2. The summed E-state index contributed by atoms with van der Waals surface area (Å²) >= 11 is 0. The van der Waals surface area contributed by atoms with Gasteiger partial charge in [0.2, 0.25) is 0 Å². The molecule has 14 heavy (non-hydrogen) atoms. The molecule has 1 aromatic carbocycles. The third-order valence-electron chi connectivity index (χ3n) is 1.89. The van der Waals surface area contributed by atoms with Crippen molar-refractivity contribution < 1.29 is 13.5 Å². The maximum atomic E-state index is 10.9. The predicted molar refractivity (Wildman–Crippen MR) is 55.8 cm³/mol. The third kappa shape index (κ3) is 3.47. The SMILES string of the molecule is Cc1cccc([C@@H](O)CS(C)(=O)=O)c1. The Morgan fingerprint density at radius 2 is 2.07 bits per heavy atom. The monoisotopic (exact) mass is 214 g/mol. The Labute approximate surface area is 84.3 Å². The molecule has 0 radical (unpaired) electrons. The maximum Gasteiger partial charge on any atom is 0.150 e. The van der Waals surface area contributed by atoms with E-state index in [1.54, 1.807) is 18.2 Å². The summed E-state index contributed by atoms with van der Waals surface area (Å²) in [5.41, 5.74) is 1.66. The zero-order chi connectivity index (χ0) is 10.8. The number of hydrogen-bond donors (Lipinski definition) is 1. The molecule has 0 spiro atoms. The van der Waals surface area contributed by atoms with Gasteiger partial charge in [0.05, 0.1) is 11.9 Å². The molecule has 0 unspecified atom stereocenters. The molecular weight excluding hydrogens is 200 g/mol. The van der Waals surface area contributed by atoms with Crippen LogP contribution in [0.15, 0.2) is 24.3 Å². The van der Waals surface area contributed by atoms with Crippen molar-refractivity contribution in [3.05, 3.63) is 35.4 Å². The molecule has 0 aliphatic heterocycles. The van der Waals surface area contributed by atoms with Crippen LogP contribution in [0.25, 0.3) is 0 Å². The van der Waals surface area contributed by atoms with Gasteiger partial charge in [-0.3, -0.25) is 0 Å². The van der Waals surface area contributed by atoms with Crippen LogP contribution >= 0.6 is 0 Å². The average Bonchev–Trinajstić information content (AvgIpc) is 2.01. The largest absolute Gasteiger partial charge is 0.387 e. The molecule has 0 aliphatic rings. The first-order chi connectivity index (χ1) is 6.38. The highest BCUT2D eigenvalue weighted by molar-refractivity contribution is 7.90. The molecule has 0 amide bonds. The van der Waals surface area contributed by atoms with E-state index in [0.29, 0.717) is 5.56 Å². The lowest BCUT2D eigenvalue weighted by atomic mass is 10.1. The number of sulfone groups is 1. The fraction of sp³-hybridized carbons (Fsp3) is 0.400. The first-order valence-corrected chi connectivity index (χ1v) is 6.37. The first-order valence-electron chi connectivity index (χ1n) is 4.31. The normalized spacial score (nSPS) is 13.9. The molecule has 0 fully saturated rings. The van der Waals surface area contributed by atoms with Crippen LogP contribution in [0.5, 0.6) is 0 Å². The van der Waals surface area contributed by atoms with Gasteiger partial charge in [-0.25, -0.2) is 8.42 Å². The molecule has 1 N–H and O–H groups in total. The molecule has 78 valence electrons. The molecule has 0 saturated carbocycles. The fourth-order valence-electron chi connectivity index (χ4n) is 1.26. The summed E-state index contributed by atoms with van der Waals surface area (Å²) in [6.07, 6.45) is 0.191. The van der Waals surface area contributed by atoms with Crippen molar-refractivity contribution >= 4 is 9.84 Å². The molecule has 1 rings (SSSR count). The van der Waals surface area contributed by atoms with E-state index in [1.807, 2.05) is 13.0 Å². The Hall–Kier alpha value is -0.870. The van der Waals surface area contributed by atoms with Crippen LogP contribution in [-0.2, 0) is 9.84 Å². The number of aliphatic hydroxyl groups is 1. The Morgan fingerprint density at radius 1 is 1.43 bits per heavy atom. The topological polar surface area (TPSA) is 54.4 Å². The van der Waals surface area contributed by atoms with Crippen LogP contribution in [0.2, 0.25) is 0 Å². The van der Waals surface area contributed by atoms with E-state index < -0.39 is 15.9 Å². The van der Waals surface area contributed by atoms with Gasteiger partial charge in [-0.1, -0.05) is 29.8 Å². The summed E-state index contributed by atoms with van der Waals surface area (Å²) in [5, 5.41) is 9.60. The molecule has 0 saturated heterocycles. The number of aryl methyl sites for hydroxylation is 1. The quantitative estimate of drug-likeness (QED) is 0.819. The zero-order valence-corrected chi connectivity index (χ0v) is 9.08. The summed E-state index contributed by atoms with van der Waals surface area (Å²) in [7, 11) is -3.13. The summed E-state index contributed by atoms with van der Waals surface area (Å²) < 4.78 is 21.9. The van der Waals surface area contributed by atoms with Crippen LogP contribution in [0, 0.1) is 6.92 Å². The summed E-state index contributed by atoms with van der Waals surface area (Å²) in [6, 6.07) is 7.21. The second kappa shape index (κ2) is 4.11. The van der Waals surface area contributed by atoms with Crippen LogP contribution in [0.4, 0.5) is 0 Å². The number of rotatable bonds is 3. The second-order valence-electron chi connectivity index (χ2n) is 3.52. The molecule has 1 aromatic rings. The summed E-state index contributed by atoms with van der Waals surface area (Å²) in [6.45, 7) is 1.90. The second-order valence-corrected chi connectivity index (χ2v) is 5.71. The van der Waals surface area contributed by atoms with Crippen molar-refractivity contribution in [3.63, 3.8) is 0 Å². The molecule has 0 heterocycles. The van der Waals surface area contributed by atoms with Crippen molar-refractivity contribution in [2.75, 3.05) is 12.0 Å². The van der Waals surface area contributed by atoms with E-state index in [0.717, 1.165) is 11.8 Å². The Kier molecular flexibility index (Phi) is 3.29. The van der Waals surface area contributed by atoms with E-state index in [4.69, 9.17) is 0 Å². The lowest BCUT2D eigenvalue weighted by Gasteiger charge is -2.09. The average molecular weight is 214 g/mol. The summed E-state index contributed by atoms with van der Waals surface area (Å²) in [5.74, 6) is -0.226. The minimum atomic E-state index is -3.13. The Bertz CT molecular complexity index is 409. The molecule has 3 nitrogen and oxygen atoms in total. The minimum Gasteiger partial charge on any atom is -0.387 e. The van der Waals surface area contributed by atoms with E-state index in [2.05, 4.69) is 0 Å². The first kappa shape index (κ1) is 11.2. The van der Waals surface area contributed by atoms with Gasteiger partial charge in [0.1, 0.15) is 9.84 Å². The zero-order valence-electron chi connectivity index (χ0n) is 8.27. The van der Waals surface area contributed by atoms with Gasteiger partial charge in [-0.05, 0) is 12.5 Å². The van der Waals surface area contributed by atoms with Crippen LogP contribution in [0.1, 0.15) is 17.2 Å². The Balaban J connectivity index is 2.85. The van der Waals surface area contributed by atoms with Crippen molar-refractivity contribution in [1.82, 2.24) is 0 Å². The number of benzene rings is 1. The fourth-order valence-corrected chi connectivity index (χ4v) is 2.03. The van der Waals surface area contributed by atoms with Crippen molar-refractivity contribution in [2.24, 2.45) is 0 Å². The van der Waals surface area contributed by atoms with Crippen LogP contribution in [0.3, 0.4) is 0 Å².